The van der Waals surface area contributed by atoms with E-state index in [1.54, 1.807) is 12.0 Å². The molecule has 3 aromatic rings. The van der Waals surface area contributed by atoms with Crippen LogP contribution in [0.4, 0.5) is 5.13 Å². The number of rotatable bonds is 8. The van der Waals surface area contributed by atoms with Crippen LogP contribution in [-0.4, -0.2) is 72.1 Å². The van der Waals surface area contributed by atoms with Crippen molar-refractivity contribution < 1.29 is 14.3 Å². The van der Waals surface area contributed by atoms with Crippen LogP contribution in [0.15, 0.2) is 24.3 Å². The number of methoxy groups -OCH3 is 1. The van der Waals surface area contributed by atoms with Crippen LogP contribution < -0.4 is 9.64 Å². The molecule has 1 amide bonds. The number of carbonyl (C=O) groups excluding carboxylic acids is 1. The zero-order valence-electron chi connectivity index (χ0n) is 18.7. The lowest BCUT2D eigenvalue weighted by Gasteiger charge is -2.27. The molecule has 0 atom stereocenters. The molecule has 0 bridgehead atoms. The van der Waals surface area contributed by atoms with Crippen molar-refractivity contribution in [1.82, 2.24) is 19.7 Å². The third kappa shape index (κ3) is 5.40. The highest BCUT2D eigenvalue weighted by atomic mass is 35.5. The fraction of sp³-hybridized carbons (Fsp3) is 0.500. The van der Waals surface area contributed by atoms with Gasteiger partial charge in [-0.2, -0.15) is 5.10 Å². The molecule has 0 spiro atoms. The summed E-state index contributed by atoms with van der Waals surface area (Å²) in [6, 6.07) is 7.64. The molecule has 3 heterocycles. The number of benzene rings is 1. The van der Waals surface area contributed by atoms with E-state index in [9.17, 15) is 4.79 Å². The molecule has 1 saturated heterocycles. The second-order valence-electron chi connectivity index (χ2n) is 7.58. The summed E-state index contributed by atoms with van der Waals surface area (Å²) in [6.45, 7) is 9.67. The average Bonchev–Trinajstić information content (AvgIpc) is 3.39. The smallest absolute Gasteiger partial charge is 0.280 e. The summed E-state index contributed by atoms with van der Waals surface area (Å²) in [5.74, 6) is 0.675. The maximum Gasteiger partial charge on any atom is 0.280 e. The van der Waals surface area contributed by atoms with Gasteiger partial charge in [0.25, 0.3) is 5.91 Å². The zero-order chi connectivity index (χ0) is 21.8. The molecule has 10 heteroatoms. The van der Waals surface area contributed by atoms with Crippen molar-refractivity contribution in [3.63, 3.8) is 0 Å². The van der Waals surface area contributed by atoms with Crippen molar-refractivity contribution in [2.24, 2.45) is 0 Å². The predicted molar refractivity (Wildman–Crippen MR) is 130 cm³/mol. The second-order valence-corrected chi connectivity index (χ2v) is 8.59. The topological polar surface area (TPSA) is 72.7 Å². The number of thiazole rings is 1. The average molecular weight is 480 g/mol. The minimum Gasteiger partial charge on any atom is -0.497 e. The Hall–Kier alpha value is -2.20. The summed E-state index contributed by atoms with van der Waals surface area (Å²) in [5.41, 5.74) is 2.30. The Morgan fingerprint density at radius 1 is 1.28 bits per heavy atom. The van der Waals surface area contributed by atoms with Gasteiger partial charge >= 0.3 is 0 Å². The summed E-state index contributed by atoms with van der Waals surface area (Å²) in [4.78, 5) is 22.4. The predicted octanol–water partition coefficient (Wildman–Crippen LogP) is 3.62. The molecule has 1 fully saturated rings. The summed E-state index contributed by atoms with van der Waals surface area (Å²) < 4.78 is 13.6. The fourth-order valence-corrected chi connectivity index (χ4v) is 4.79. The van der Waals surface area contributed by atoms with E-state index in [1.807, 2.05) is 42.8 Å². The Kier molecular flexibility index (Phi) is 8.47. The Labute approximate surface area is 198 Å². The lowest BCUT2D eigenvalue weighted by molar-refractivity contribution is 0.0376. The molecule has 174 valence electrons. The maximum atomic E-state index is 13.5. The molecular formula is C22H30ClN5O3S. The number of ether oxygens (including phenoxy) is 2. The molecule has 0 saturated carbocycles. The van der Waals surface area contributed by atoms with Crippen molar-refractivity contribution in [3.8, 4) is 5.75 Å². The van der Waals surface area contributed by atoms with Crippen LogP contribution in [0.3, 0.4) is 0 Å². The fourth-order valence-electron chi connectivity index (χ4n) is 3.77. The normalized spacial score (nSPS) is 14.3. The molecular weight excluding hydrogens is 450 g/mol. The molecule has 2 aromatic heterocycles. The van der Waals surface area contributed by atoms with Gasteiger partial charge in [0.15, 0.2) is 10.8 Å². The summed E-state index contributed by atoms with van der Waals surface area (Å²) >= 11 is 1.51. The Morgan fingerprint density at radius 2 is 2.06 bits per heavy atom. The van der Waals surface area contributed by atoms with Crippen molar-refractivity contribution in [3.05, 3.63) is 35.7 Å². The first-order valence-corrected chi connectivity index (χ1v) is 11.5. The van der Waals surface area contributed by atoms with Crippen LogP contribution in [-0.2, 0) is 11.3 Å². The van der Waals surface area contributed by atoms with E-state index in [0.29, 0.717) is 17.4 Å². The SMILES string of the molecule is CCn1nc(C(=O)N(CCCN2CCOCC2)c2nc3ccc(OC)cc3s2)cc1C.Cl. The first-order chi connectivity index (χ1) is 15.1. The molecule has 32 heavy (non-hydrogen) atoms. The van der Waals surface area contributed by atoms with Gasteiger partial charge in [-0.25, -0.2) is 4.98 Å². The number of fused-ring (bicyclic) bond motifs is 1. The number of halogens is 1. The van der Waals surface area contributed by atoms with Crippen molar-refractivity contribution in [2.75, 3.05) is 51.4 Å². The van der Waals surface area contributed by atoms with Crippen LogP contribution in [0.1, 0.15) is 29.5 Å². The van der Waals surface area contributed by atoms with E-state index in [1.165, 1.54) is 11.3 Å². The minimum absolute atomic E-state index is 0. The summed E-state index contributed by atoms with van der Waals surface area (Å²) in [7, 11) is 1.65. The molecule has 4 rings (SSSR count). The van der Waals surface area contributed by atoms with Crippen LogP contribution in [0, 0.1) is 6.92 Å². The standard InChI is InChI=1S/C22H29N5O3S.ClH/c1-4-27-16(2)14-19(24-27)21(28)26(9-5-8-25-10-12-30-13-11-25)22-23-18-7-6-17(29-3)15-20(18)31-22;/h6-7,14-15H,4-5,8-13H2,1-3H3;1H. The zero-order valence-corrected chi connectivity index (χ0v) is 20.4. The lowest BCUT2D eigenvalue weighted by Crippen LogP contribution is -2.39. The number of hydrogen-bond acceptors (Lipinski definition) is 7. The van der Waals surface area contributed by atoms with Gasteiger partial charge in [0.05, 0.1) is 30.5 Å². The van der Waals surface area contributed by atoms with Gasteiger partial charge in [0, 0.05) is 38.4 Å². The number of amides is 1. The Morgan fingerprint density at radius 3 is 2.75 bits per heavy atom. The summed E-state index contributed by atoms with van der Waals surface area (Å²) in [6.07, 6.45) is 0.860. The number of nitrogens with zero attached hydrogens (tertiary/aromatic N) is 5. The second kappa shape index (κ2) is 11.1. The van der Waals surface area contributed by atoms with E-state index >= 15 is 0 Å². The molecule has 0 radical (unpaired) electrons. The monoisotopic (exact) mass is 479 g/mol. The van der Waals surface area contributed by atoms with E-state index in [2.05, 4.69) is 10.00 Å². The molecule has 1 aliphatic rings. The lowest BCUT2D eigenvalue weighted by atomic mass is 10.3. The molecule has 8 nitrogen and oxygen atoms in total. The number of anilines is 1. The molecule has 1 aliphatic heterocycles. The number of aromatic nitrogens is 3. The molecule has 0 unspecified atom stereocenters. The van der Waals surface area contributed by atoms with Crippen LogP contribution in [0.5, 0.6) is 5.75 Å². The van der Waals surface area contributed by atoms with Crippen LogP contribution >= 0.6 is 23.7 Å². The minimum atomic E-state index is -0.108. The number of hydrogen-bond donors (Lipinski definition) is 0. The largest absolute Gasteiger partial charge is 0.497 e. The molecule has 0 N–H and O–H groups in total. The van der Waals surface area contributed by atoms with Gasteiger partial charge in [-0.15, -0.1) is 12.4 Å². The van der Waals surface area contributed by atoms with Gasteiger partial charge in [0.1, 0.15) is 5.75 Å². The van der Waals surface area contributed by atoms with Crippen molar-refractivity contribution >= 4 is 45.0 Å². The van der Waals surface area contributed by atoms with E-state index < -0.39 is 0 Å². The van der Waals surface area contributed by atoms with Gasteiger partial charge in [-0.1, -0.05) is 11.3 Å². The van der Waals surface area contributed by atoms with Gasteiger partial charge in [-0.3, -0.25) is 19.3 Å². The Balaban J connectivity index is 0.00000289. The first-order valence-electron chi connectivity index (χ1n) is 10.7. The third-order valence-corrected chi connectivity index (χ3v) is 6.56. The molecule has 1 aromatic carbocycles. The highest BCUT2D eigenvalue weighted by Gasteiger charge is 2.24. The van der Waals surface area contributed by atoms with Crippen LogP contribution in [0.25, 0.3) is 10.2 Å². The number of aryl methyl sites for hydroxylation is 2. The highest BCUT2D eigenvalue weighted by molar-refractivity contribution is 7.22. The van der Waals surface area contributed by atoms with Crippen LogP contribution in [0.2, 0.25) is 0 Å². The van der Waals surface area contributed by atoms with Gasteiger partial charge < -0.3 is 9.47 Å². The van der Waals surface area contributed by atoms with Gasteiger partial charge in [-0.05, 0) is 44.5 Å². The van der Waals surface area contributed by atoms with Crippen molar-refractivity contribution in [1.29, 1.82) is 0 Å². The number of carbonyl (C=O) groups is 1. The first kappa shape index (κ1) is 24.4. The van der Waals surface area contributed by atoms with E-state index in [4.69, 9.17) is 14.5 Å². The number of morpholine rings is 1. The molecule has 0 aliphatic carbocycles. The van der Waals surface area contributed by atoms with Gasteiger partial charge in [0.2, 0.25) is 0 Å². The quantitative estimate of drug-likeness (QED) is 0.491. The third-order valence-electron chi connectivity index (χ3n) is 5.52. The summed E-state index contributed by atoms with van der Waals surface area (Å²) in [5, 5.41) is 5.20. The van der Waals surface area contributed by atoms with Crippen molar-refractivity contribution in [2.45, 2.75) is 26.8 Å². The highest BCUT2D eigenvalue weighted by Crippen LogP contribution is 2.32. The van der Waals surface area contributed by atoms with E-state index in [0.717, 1.165) is 67.5 Å². The maximum absolute atomic E-state index is 13.5. The Bertz CT molecular complexity index is 1050. The van der Waals surface area contributed by atoms with E-state index in [-0.39, 0.29) is 18.3 Å².